The molecule has 0 amide bonds. The van der Waals surface area contributed by atoms with Gasteiger partial charge >= 0.3 is 0 Å². The highest BCUT2D eigenvalue weighted by Crippen LogP contribution is 2.33. The molecular weight excluding hydrogens is 356 g/mol. The Morgan fingerprint density at radius 1 is 1.04 bits per heavy atom. The quantitative estimate of drug-likeness (QED) is 0.475. The molecule has 2 aromatic heterocycles. The van der Waals surface area contributed by atoms with Gasteiger partial charge in [-0.1, -0.05) is 36.7 Å². The molecule has 0 saturated carbocycles. The molecule has 0 atom stereocenters. The van der Waals surface area contributed by atoms with Gasteiger partial charge in [0.05, 0.1) is 5.39 Å². The van der Waals surface area contributed by atoms with E-state index >= 15 is 0 Å². The fourth-order valence-corrected chi connectivity index (χ4v) is 3.57. The van der Waals surface area contributed by atoms with Crippen LogP contribution < -0.4 is 5.32 Å². The number of aryl methyl sites for hydroxylation is 2. The Kier molecular flexibility index (Phi) is 4.58. The topological polar surface area (TPSA) is 42.7 Å². The molecule has 4 aromatic rings. The van der Waals surface area contributed by atoms with Crippen molar-refractivity contribution in [2.24, 2.45) is 0 Å². The Morgan fingerprint density at radius 3 is 2.52 bits per heavy atom. The first kappa shape index (κ1) is 17.6. The van der Waals surface area contributed by atoms with Crippen molar-refractivity contribution < 1.29 is 0 Å². The number of benzene rings is 2. The highest BCUT2D eigenvalue weighted by atomic mass is 35.5. The van der Waals surface area contributed by atoms with Crippen molar-refractivity contribution in [3.05, 3.63) is 76.7 Å². The summed E-state index contributed by atoms with van der Waals surface area (Å²) in [4.78, 5) is 9.08. The number of rotatable bonds is 4. The molecule has 5 heteroatoms. The number of nitrogens with one attached hydrogen (secondary N) is 1. The molecule has 0 aliphatic carbocycles. The van der Waals surface area contributed by atoms with E-state index in [4.69, 9.17) is 11.6 Å². The van der Waals surface area contributed by atoms with Crippen LogP contribution in [0.1, 0.15) is 23.7 Å². The maximum absolute atomic E-state index is 6.21. The smallest absolute Gasteiger partial charge is 0.150 e. The van der Waals surface area contributed by atoms with Crippen LogP contribution in [0.4, 0.5) is 11.5 Å². The van der Waals surface area contributed by atoms with Gasteiger partial charge in [-0.05, 0) is 61.7 Å². The van der Waals surface area contributed by atoms with E-state index in [0.29, 0.717) is 5.02 Å². The molecule has 0 saturated heterocycles. The van der Waals surface area contributed by atoms with Gasteiger partial charge in [0.1, 0.15) is 12.1 Å². The predicted octanol–water partition coefficient (Wildman–Crippen LogP) is 6.00. The van der Waals surface area contributed by atoms with Crippen LogP contribution >= 0.6 is 11.6 Å². The van der Waals surface area contributed by atoms with Crippen molar-refractivity contribution in [2.75, 3.05) is 5.32 Å². The van der Waals surface area contributed by atoms with E-state index < -0.39 is 0 Å². The van der Waals surface area contributed by atoms with Gasteiger partial charge in [0.25, 0.3) is 0 Å². The average Bonchev–Trinajstić information content (AvgIpc) is 2.94. The lowest BCUT2D eigenvalue weighted by Gasteiger charge is -2.09. The monoisotopic (exact) mass is 376 g/mol. The van der Waals surface area contributed by atoms with Crippen molar-refractivity contribution in [1.82, 2.24) is 14.5 Å². The normalized spacial score (nSPS) is 11.1. The highest BCUT2D eigenvalue weighted by Gasteiger charge is 2.17. The summed E-state index contributed by atoms with van der Waals surface area (Å²) in [5.74, 6) is 0.811. The molecule has 136 valence electrons. The minimum atomic E-state index is 0.704. The Labute approximate surface area is 163 Å². The van der Waals surface area contributed by atoms with Crippen LogP contribution in [-0.2, 0) is 6.42 Å². The number of hydrogen-bond donors (Lipinski definition) is 1. The molecule has 2 heterocycles. The van der Waals surface area contributed by atoms with Crippen LogP contribution in [-0.4, -0.2) is 14.5 Å². The second-order valence-electron chi connectivity index (χ2n) is 6.62. The maximum Gasteiger partial charge on any atom is 0.150 e. The SMILES string of the molecule is CCc1ccc(Nc2ncnc3c2c(C)c(C)n3-c2cccc(Cl)c2)cc1. The van der Waals surface area contributed by atoms with Gasteiger partial charge in [0, 0.05) is 22.1 Å². The number of fused-ring (bicyclic) bond motifs is 1. The fraction of sp³-hybridized carbons (Fsp3) is 0.182. The molecule has 4 nitrogen and oxygen atoms in total. The van der Waals surface area contributed by atoms with E-state index in [1.165, 1.54) is 5.56 Å². The summed E-state index contributed by atoms with van der Waals surface area (Å²) in [6.07, 6.45) is 2.63. The third-order valence-electron chi connectivity index (χ3n) is 4.98. The van der Waals surface area contributed by atoms with Crippen molar-refractivity contribution >= 4 is 34.1 Å². The second kappa shape index (κ2) is 7.05. The fourth-order valence-electron chi connectivity index (χ4n) is 3.39. The first-order valence-corrected chi connectivity index (χ1v) is 9.40. The van der Waals surface area contributed by atoms with Crippen LogP contribution in [0.3, 0.4) is 0 Å². The van der Waals surface area contributed by atoms with Gasteiger partial charge in [0.15, 0.2) is 5.65 Å². The minimum Gasteiger partial charge on any atom is -0.340 e. The third-order valence-corrected chi connectivity index (χ3v) is 5.22. The van der Waals surface area contributed by atoms with E-state index in [1.807, 2.05) is 24.3 Å². The van der Waals surface area contributed by atoms with Crippen LogP contribution in [0.5, 0.6) is 0 Å². The van der Waals surface area contributed by atoms with Gasteiger partial charge in [0.2, 0.25) is 0 Å². The van der Waals surface area contributed by atoms with Crippen molar-refractivity contribution in [1.29, 1.82) is 0 Å². The molecule has 0 aliphatic rings. The Bertz CT molecular complexity index is 1110. The molecule has 2 aromatic carbocycles. The van der Waals surface area contributed by atoms with Crippen molar-refractivity contribution in [3.8, 4) is 5.69 Å². The number of hydrogen-bond acceptors (Lipinski definition) is 3. The summed E-state index contributed by atoms with van der Waals surface area (Å²) in [5.41, 5.74) is 6.47. The Hall–Kier alpha value is -2.85. The van der Waals surface area contributed by atoms with E-state index in [9.17, 15) is 0 Å². The lowest BCUT2D eigenvalue weighted by Crippen LogP contribution is -1.99. The van der Waals surface area contributed by atoms with E-state index in [1.54, 1.807) is 6.33 Å². The second-order valence-corrected chi connectivity index (χ2v) is 7.06. The summed E-state index contributed by atoms with van der Waals surface area (Å²) in [6, 6.07) is 16.3. The van der Waals surface area contributed by atoms with Gasteiger partial charge in [-0.25, -0.2) is 9.97 Å². The average molecular weight is 377 g/mol. The van der Waals surface area contributed by atoms with Gasteiger partial charge in [-0.15, -0.1) is 0 Å². The molecule has 1 N–H and O–H groups in total. The van der Waals surface area contributed by atoms with E-state index in [-0.39, 0.29) is 0 Å². The first-order chi connectivity index (χ1) is 13.1. The lowest BCUT2D eigenvalue weighted by molar-refractivity contribution is 1.01. The number of anilines is 2. The highest BCUT2D eigenvalue weighted by molar-refractivity contribution is 6.30. The van der Waals surface area contributed by atoms with Crippen LogP contribution in [0, 0.1) is 13.8 Å². The van der Waals surface area contributed by atoms with E-state index in [2.05, 4.69) is 64.9 Å². The van der Waals surface area contributed by atoms with Gasteiger partial charge in [-0.2, -0.15) is 0 Å². The molecule has 4 rings (SSSR count). The molecule has 27 heavy (non-hydrogen) atoms. The summed E-state index contributed by atoms with van der Waals surface area (Å²) >= 11 is 6.21. The predicted molar refractivity (Wildman–Crippen MR) is 112 cm³/mol. The number of aromatic nitrogens is 3. The maximum atomic E-state index is 6.21. The zero-order valence-corrected chi connectivity index (χ0v) is 16.4. The van der Waals surface area contributed by atoms with Crippen LogP contribution in [0.15, 0.2) is 54.9 Å². The van der Waals surface area contributed by atoms with Crippen molar-refractivity contribution in [2.45, 2.75) is 27.2 Å². The first-order valence-electron chi connectivity index (χ1n) is 9.03. The molecule has 0 aliphatic heterocycles. The molecule has 0 radical (unpaired) electrons. The summed E-state index contributed by atoms with van der Waals surface area (Å²) in [6.45, 7) is 6.35. The van der Waals surface area contributed by atoms with Crippen molar-refractivity contribution in [3.63, 3.8) is 0 Å². The molecule has 0 spiro atoms. The molecule has 0 bridgehead atoms. The zero-order valence-electron chi connectivity index (χ0n) is 15.6. The Morgan fingerprint density at radius 2 is 1.81 bits per heavy atom. The Balaban J connectivity index is 1.85. The van der Waals surface area contributed by atoms with Crippen LogP contribution in [0.25, 0.3) is 16.7 Å². The zero-order chi connectivity index (χ0) is 19.0. The summed E-state index contributed by atoms with van der Waals surface area (Å²) in [5, 5.41) is 5.18. The molecular formula is C22H21ClN4. The number of nitrogens with zero attached hydrogens (tertiary/aromatic N) is 3. The summed E-state index contributed by atoms with van der Waals surface area (Å²) in [7, 11) is 0. The molecule has 0 unspecified atom stereocenters. The third kappa shape index (κ3) is 3.17. The minimum absolute atomic E-state index is 0.704. The number of halogens is 1. The van der Waals surface area contributed by atoms with Gasteiger partial charge < -0.3 is 5.32 Å². The summed E-state index contributed by atoms with van der Waals surface area (Å²) < 4.78 is 2.13. The standard InChI is InChI=1S/C22H21ClN4/c1-4-16-8-10-18(11-9-16)26-21-20-14(2)15(3)27(22(20)25-13-24-21)19-7-5-6-17(23)12-19/h5-13H,4H2,1-3H3,(H,24,25,26). The van der Waals surface area contributed by atoms with Crippen LogP contribution in [0.2, 0.25) is 5.02 Å². The molecule has 0 fully saturated rings. The lowest BCUT2D eigenvalue weighted by atomic mass is 10.1. The van der Waals surface area contributed by atoms with Gasteiger partial charge in [-0.3, -0.25) is 4.57 Å². The van der Waals surface area contributed by atoms with E-state index in [0.717, 1.165) is 45.9 Å². The largest absolute Gasteiger partial charge is 0.340 e.